The molecule has 4 fully saturated rings. The molecule has 4 N–H and O–H groups in total. The third-order valence-corrected chi connectivity index (χ3v) is 14.1. The molecule has 12 heteroatoms. The Morgan fingerprint density at radius 2 is 1.81 bits per heavy atom. The number of hydrogen-bond acceptors (Lipinski definition) is 9. The summed E-state index contributed by atoms with van der Waals surface area (Å²) in [5, 5.41) is 43.3. The van der Waals surface area contributed by atoms with E-state index in [0.717, 1.165) is 25.7 Å². The van der Waals surface area contributed by atoms with Gasteiger partial charge in [0.2, 0.25) is 0 Å². The van der Waals surface area contributed by atoms with Crippen molar-refractivity contribution in [3.05, 3.63) is 23.3 Å². The smallest absolute Gasteiger partial charge is 0.333 e. The van der Waals surface area contributed by atoms with Gasteiger partial charge in [-0.15, -0.1) is 0 Å². The SMILES string of the molecule is B[C@]12CC[C@H](O)[C@H](CO)C1CC[C@]1(B)C2CC=C2C3C[C@@H](S)[C@@H](OC(=O)/C(C)=C\C)[C@H](OC(C)=O)[C@]3(CO)[C@H](O)C[C@]21B. The van der Waals surface area contributed by atoms with Crippen LogP contribution in [0.15, 0.2) is 23.3 Å². The third kappa shape index (κ3) is 4.66. The Bertz CT molecular complexity index is 1200. The van der Waals surface area contributed by atoms with E-state index in [2.05, 4.69) is 29.6 Å². The number of carbonyl (C=O) groups is 2. The summed E-state index contributed by atoms with van der Waals surface area (Å²) in [7, 11) is 6.97. The quantitative estimate of drug-likeness (QED) is 0.0987. The highest BCUT2D eigenvalue weighted by Crippen LogP contribution is 2.80. The zero-order valence-corrected chi connectivity index (χ0v) is 27.5. The van der Waals surface area contributed by atoms with Crippen LogP contribution in [0, 0.1) is 29.1 Å². The fourth-order valence-electron chi connectivity index (χ4n) is 10.9. The molecule has 4 saturated carbocycles. The molecule has 5 aliphatic rings. The molecule has 13 atom stereocenters. The van der Waals surface area contributed by atoms with Crippen LogP contribution in [0.3, 0.4) is 0 Å². The van der Waals surface area contributed by atoms with E-state index in [-0.39, 0.29) is 35.0 Å². The van der Waals surface area contributed by atoms with Crippen molar-refractivity contribution >= 4 is 48.1 Å². The van der Waals surface area contributed by atoms with Crippen LogP contribution < -0.4 is 0 Å². The molecular weight excluding hydrogens is 565 g/mol. The predicted octanol–water partition coefficient (Wildman–Crippen LogP) is 0.353. The van der Waals surface area contributed by atoms with Gasteiger partial charge in [0.1, 0.15) is 23.5 Å². The van der Waals surface area contributed by atoms with Gasteiger partial charge in [0.15, 0.2) is 12.2 Å². The van der Waals surface area contributed by atoms with Gasteiger partial charge in [-0.3, -0.25) is 4.79 Å². The van der Waals surface area contributed by atoms with E-state index in [1.807, 2.05) is 0 Å². The van der Waals surface area contributed by atoms with Gasteiger partial charge in [-0.2, -0.15) is 12.6 Å². The number of thiol groups is 1. The number of rotatable bonds is 5. The van der Waals surface area contributed by atoms with Crippen molar-refractivity contribution in [2.75, 3.05) is 13.2 Å². The molecule has 0 heterocycles. The van der Waals surface area contributed by atoms with Crippen LogP contribution in [0.5, 0.6) is 0 Å². The Morgan fingerprint density at radius 3 is 2.42 bits per heavy atom. The van der Waals surface area contributed by atoms with Crippen LogP contribution in [-0.2, 0) is 19.1 Å². The molecular formula is C31H49B3O8S. The summed E-state index contributed by atoms with van der Waals surface area (Å²) in [6.07, 6.45) is 5.47. The van der Waals surface area contributed by atoms with Gasteiger partial charge >= 0.3 is 11.9 Å². The van der Waals surface area contributed by atoms with Crippen LogP contribution in [0.25, 0.3) is 0 Å². The molecule has 0 spiro atoms. The van der Waals surface area contributed by atoms with Crippen molar-refractivity contribution in [3.63, 3.8) is 0 Å². The molecule has 0 aromatic heterocycles. The maximum atomic E-state index is 12.9. The summed E-state index contributed by atoms with van der Waals surface area (Å²) in [6, 6.07) is 0. The minimum atomic E-state index is -1.26. The molecule has 236 valence electrons. The largest absolute Gasteiger partial charge is 0.458 e. The summed E-state index contributed by atoms with van der Waals surface area (Å²) >= 11 is 4.91. The van der Waals surface area contributed by atoms with Crippen molar-refractivity contribution in [2.45, 2.75) is 111 Å². The molecule has 0 radical (unpaired) electrons. The van der Waals surface area contributed by atoms with E-state index in [1.54, 1.807) is 19.9 Å². The monoisotopic (exact) mass is 614 g/mol. The Hall–Kier alpha value is -1.20. The second-order valence-electron chi connectivity index (χ2n) is 15.0. The second-order valence-corrected chi connectivity index (χ2v) is 15.7. The first kappa shape index (κ1) is 33.2. The van der Waals surface area contributed by atoms with E-state index >= 15 is 0 Å². The lowest BCUT2D eigenvalue weighted by atomic mass is 9.23. The lowest BCUT2D eigenvalue weighted by molar-refractivity contribution is -0.223. The number of ether oxygens (including phenoxy) is 2. The normalized spacial score (nSPS) is 49.3. The van der Waals surface area contributed by atoms with Crippen molar-refractivity contribution in [3.8, 4) is 0 Å². The van der Waals surface area contributed by atoms with E-state index in [9.17, 15) is 30.0 Å². The molecule has 43 heavy (non-hydrogen) atoms. The van der Waals surface area contributed by atoms with Crippen molar-refractivity contribution < 1.29 is 39.5 Å². The maximum absolute atomic E-state index is 12.9. The number of allylic oxidation sites excluding steroid dienone is 3. The molecule has 0 amide bonds. The van der Waals surface area contributed by atoms with Crippen molar-refractivity contribution in [1.82, 2.24) is 0 Å². The summed E-state index contributed by atoms with van der Waals surface area (Å²) in [4.78, 5) is 25.4. The van der Waals surface area contributed by atoms with Crippen molar-refractivity contribution in [2.24, 2.45) is 29.1 Å². The van der Waals surface area contributed by atoms with Gasteiger partial charge in [-0.25, -0.2) is 4.79 Å². The highest BCUT2D eigenvalue weighted by molar-refractivity contribution is 7.81. The Morgan fingerprint density at radius 1 is 1.12 bits per heavy atom. The predicted molar refractivity (Wildman–Crippen MR) is 174 cm³/mol. The zero-order chi connectivity index (χ0) is 31.7. The highest BCUT2D eigenvalue weighted by atomic mass is 32.1. The van der Waals surface area contributed by atoms with Crippen LogP contribution >= 0.6 is 12.6 Å². The van der Waals surface area contributed by atoms with E-state index in [4.69, 9.17) is 22.1 Å². The molecule has 5 aliphatic carbocycles. The zero-order valence-electron chi connectivity index (χ0n) is 26.6. The van der Waals surface area contributed by atoms with E-state index in [1.165, 1.54) is 12.5 Å². The lowest BCUT2D eigenvalue weighted by Gasteiger charge is -2.72. The Kier molecular flexibility index (Phi) is 8.91. The van der Waals surface area contributed by atoms with E-state index in [0.29, 0.717) is 30.8 Å². The van der Waals surface area contributed by atoms with Crippen LogP contribution in [0.1, 0.15) is 65.7 Å². The molecule has 0 aromatic carbocycles. The topological polar surface area (TPSA) is 134 Å². The number of esters is 2. The third-order valence-electron chi connectivity index (χ3n) is 13.6. The van der Waals surface area contributed by atoms with Gasteiger partial charge in [0.25, 0.3) is 0 Å². The van der Waals surface area contributed by atoms with Crippen LogP contribution in [0.4, 0.5) is 0 Å². The number of carbonyl (C=O) groups excluding carboxylic acids is 2. The van der Waals surface area contributed by atoms with Crippen molar-refractivity contribution in [1.29, 1.82) is 0 Å². The fourth-order valence-corrected chi connectivity index (χ4v) is 11.3. The first-order valence-electron chi connectivity index (χ1n) is 16.1. The molecule has 0 aromatic rings. The lowest BCUT2D eigenvalue weighted by Crippen LogP contribution is -2.70. The summed E-state index contributed by atoms with van der Waals surface area (Å²) < 4.78 is 11.8. The molecule has 0 bridgehead atoms. The highest BCUT2D eigenvalue weighted by Gasteiger charge is 2.71. The summed E-state index contributed by atoms with van der Waals surface area (Å²) in [5.74, 6) is -1.06. The average molecular weight is 614 g/mol. The van der Waals surface area contributed by atoms with Crippen LogP contribution in [0.2, 0.25) is 15.9 Å². The second kappa shape index (κ2) is 11.6. The van der Waals surface area contributed by atoms with Gasteiger partial charge in [0, 0.05) is 30.3 Å². The van der Waals surface area contributed by atoms with E-state index < -0.39 is 58.9 Å². The maximum Gasteiger partial charge on any atom is 0.333 e. The molecule has 5 rings (SSSR count). The average Bonchev–Trinajstić information content (AvgIpc) is 2.95. The summed E-state index contributed by atoms with van der Waals surface area (Å²) in [5.41, 5.74) is 0.329. The minimum Gasteiger partial charge on any atom is -0.458 e. The Labute approximate surface area is 264 Å². The van der Waals surface area contributed by atoms with Gasteiger partial charge < -0.3 is 29.9 Å². The molecule has 0 aliphatic heterocycles. The first-order chi connectivity index (χ1) is 20.2. The minimum absolute atomic E-state index is 0.0107. The number of hydrogen-bond donors (Lipinski definition) is 5. The summed E-state index contributed by atoms with van der Waals surface area (Å²) in [6.45, 7) is 4.25. The van der Waals surface area contributed by atoms with Crippen LogP contribution in [-0.4, -0.2) is 98.8 Å². The van der Waals surface area contributed by atoms with Gasteiger partial charge in [-0.05, 0) is 62.6 Å². The molecule has 3 unspecified atom stereocenters. The fraction of sp³-hybridized carbons (Fsp3) is 0.806. The standard InChI is InChI=1S/C31H49B3O8S/c1-4-15(2)27(40)42-25-22(43)11-20-19-5-6-23-29(32)9-8-21(38)17(13-35)18(29)7-10-30(23,33)31(19,34)12-24(39)28(20,14-36)26(25)41-16(3)37/h4-5,17-18,20-26,35-36,38-39,43H,6-14,32-34H2,1-3H3/b15-4-/t17-,18?,20?,21+,22-,23?,24-,25-,26+,28+,29-,30+,31+/m1/s1. The Balaban J connectivity index is 1.59. The molecule has 0 saturated heterocycles. The number of fused-ring (bicyclic) bond motifs is 7. The molecule has 8 nitrogen and oxygen atoms in total. The number of aliphatic hydroxyl groups excluding tert-OH is 4. The van der Waals surface area contributed by atoms with Gasteiger partial charge in [-0.1, -0.05) is 47.6 Å². The first-order valence-corrected chi connectivity index (χ1v) is 16.7. The number of aliphatic hydroxyl groups is 4. The van der Waals surface area contributed by atoms with Gasteiger partial charge in [0.05, 0.1) is 24.2 Å².